The van der Waals surface area contributed by atoms with Crippen LogP contribution in [0.15, 0.2) is 89.8 Å². The van der Waals surface area contributed by atoms with E-state index in [2.05, 4.69) is 5.32 Å². The molecule has 1 atom stereocenters. The summed E-state index contributed by atoms with van der Waals surface area (Å²) in [6, 6.07) is 23.6. The number of carbonyl (C=O) groups is 2. The van der Waals surface area contributed by atoms with E-state index >= 15 is 0 Å². The number of nitrogens with zero attached hydrogens (tertiary/aromatic N) is 2. The Morgan fingerprint density at radius 2 is 1.47 bits per heavy atom. The van der Waals surface area contributed by atoms with Crippen LogP contribution in [0.4, 0.5) is 5.69 Å². The minimum absolute atomic E-state index is 0.0893. The molecule has 2 amide bonds. The number of anilines is 1. The fourth-order valence-electron chi connectivity index (χ4n) is 4.24. The maximum atomic E-state index is 14.0. The van der Waals surface area contributed by atoms with Crippen LogP contribution in [0.25, 0.3) is 0 Å². The van der Waals surface area contributed by atoms with Crippen molar-refractivity contribution in [2.24, 2.45) is 0 Å². The summed E-state index contributed by atoms with van der Waals surface area (Å²) in [5.74, 6) is -0.686. The molecule has 0 unspecified atom stereocenters. The Bertz CT molecular complexity index is 1300. The monoisotopic (exact) mass is 535 g/mol. The topological polar surface area (TPSA) is 86.8 Å². The molecule has 0 radical (unpaired) electrons. The van der Waals surface area contributed by atoms with Crippen LogP contribution in [-0.2, 0) is 26.2 Å². The Morgan fingerprint density at radius 3 is 2.08 bits per heavy atom. The van der Waals surface area contributed by atoms with Gasteiger partial charge in [-0.3, -0.25) is 13.9 Å². The molecule has 0 aliphatic heterocycles. The highest BCUT2D eigenvalue weighted by Gasteiger charge is 2.33. The molecule has 38 heavy (non-hydrogen) atoms. The lowest BCUT2D eigenvalue weighted by molar-refractivity contribution is -0.140. The number of hydrogen-bond donors (Lipinski definition) is 1. The highest BCUT2D eigenvalue weighted by molar-refractivity contribution is 7.92. The number of benzene rings is 3. The molecule has 1 N–H and O–H groups in total. The van der Waals surface area contributed by atoms with Gasteiger partial charge in [-0.2, -0.15) is 0 Å². The molecule has 8 heteroatoms. The van der Waals surface area contributed by atoms with Gasteiger partial charge in [0.1, 0.15) is 12.6 Å². The number of sulfonamides is 1. The van der Waals surface area contributed by atoms with Crippen molar-refractivity contribution in [2.45, 2.75) is 57.5 Å². The Balaban J connectivity index is 2.01. The first-order chi connectivity index (χ1) is 18.3. The van der Waals surface area contributed by atoms with E-state index in [0.29, 0.717) is 18.7 Å². The minimum Gasteiger partial charge on any atom is -0.354 e. The van der Waals surface area contributed by atoms with Crippen LogP contribution in [0.5, 0.6) is 0 Å². The van der Waals surface area contributed by atoms with Gasteiger partial charge in [-0.1, -0.05) is 80.9 Å². The van der Waals surface area contributed by atoms with Gasteiger partial charge >= 0.3 is 0 Å². The minimum atomic E-state index is -4.05. The number of aryl methyl sites for hydroxylation is 1. The standard InChI is InChI=1S/C30H37N3O4S/c1-4-6-21-31-30(35)28(5-2)32(22-25-16-14-13-15-24(25)3)29(34)23-33(26-17-9-7-10-18-26)38(36,37)27-19-11-8-12-20-27/h7-20,28H,4-6,21-23H2,1-3H3,(H,31,35)/t28-/m1/s1. The number of carbonyl (C=O) groups excluding carboxylic acids is 2. The zero-order valence-electron chi connectivity index (χ0n) is 22.3. The SMILES string of the molecule is CCCCNC(=O)[C@@H](CC)N(Cc1ccccc1C)C(=O)CN(c1ccccc1)S(=O)(=O)c1ccccc1. The average molecular weight is 536 g/mol. The molecule has 3 rings (SSSR count). The molecule has 0 bridgehead atoms. The smallest absolute Gasteiger partial charge is 0.264 e. The van der Waals surface area contributed by atoms with E-state index in [1.807, 2.05) is 45.0 Å². The molecule has 202 valence electrons. The van der Waals surface area contributed by atoms with E-state index in [1.54, 1.807) is 48.5 Å². The third-order valence-corrected chi connectivity index (χ3v) is 8.26. The summed E-state index contributed by atoms with van der Waals surface area (Å²) < 4.78 is 28.6. The molecule has 0 heterocycles. The van der Waals surface area contributed by atoms with E-state index in [0.717, 1.165) is 28.3 Å². The predicted octanol–water partition coefficient (Wildman–Crippen LogP) is 4.91. The van der Waals surface area contributed by atoms with Crippen molar-refractivity contribution >= 4 is 27.5 Å². The highest BCUT2D eigenvalue weighted by Crippen LogP contribution is 2.24. The van der Waals surface area contributed by atoms with Crippen LogP contribution in [-0.4, -0.2) is 44.3 Å². The zero-order chi connectivity index (χ0) is 27.5. The third kappa shape index (κ3) is 7.22. The van der Waals surface area contributed by atoms with Gasteiger partial charge in [0.2, 0.25) is 11.8 Å². The molecule has 3 aromatic carbocycles. The van der Waals surface area contributed by atoms with Gasteiger partial charge in [0.25, 0.3) is 10.0 Å². The largest absolute Gasteiger partial charge is 0.354 e. The molecule has 0 aromatic heterocycles. The lowest BCUT2D eigenvalue weighted by Gasteiger charge is -2.33. The highest BCUT2D eigenvalue weighted by atomic mass is 32.2. The molecular formula is C30H37N3O4S. The Hall–Kier alpha value is -3.65. The fourth-order valence-corrected chi connectivity index (χ4v) is 5.67. The van der Waals surface area contributed by atoms with Crippen molar-refractivity contribution in [3.8, 4) is 0 Å². The van der Waals surface area contributed by atoms with Crippen LogP contribution in [0, 0.1) is 6.92 Å². The molecule has 0 aliphatic carbocycles. The van der Waals surface area contributed by atoms with Crippen LogP contribution < -0.4 is 9.62 Å². The summed E-state index contributed by atoms with van der Waals surface area (Å²) in [5, 5.41) is 2.95. The summed E-state index contributed by atoms with van der Waals surface area (Å²) in [4.78, 5) is 28.8. The summed E-state index contributed by atoms with van der Waals surface area (Å²) >= 11 is 0. The van der Waals surface area contributed by atoms with E-state index < -0.39 is 28.5 Å². The van der Waals surface area contributed by atoms with Crippen molar-refractivity contribution in [2.75, 3.05) is 17.4 Å². The predicted molar refractivity (Wildman–Crippen MR) is 151 cm³/mol. The number of unbranched alkanes of at least 4 members (excludes halogenated alkanes) is 1. The van der Waals surface area contributed by atoms with Crippen molar-refractivity contribution in [1.82, 2.24) is 10.2 Å². The van der Waals surface area contributed by atoms with Gasteiger partial charge in [-0.15, -0.1) is 0 Å². The first kappa shape index (κ1) is 28.9. The maximum Gasteiger partial charge on any atom is 0.264 e. The van der Waals surface area contributed by atoms with Crippen LogP contribution in [0.1, 0.15) is 44.2 Å². The maximum absolute atomic E-state index is 14.0. The summed E-state index contributed by atoms with van der Waals surface area (Å²) in [6.45, 7) is 6.14. The third-order valence-electron chi connectivity index (χ3n) is 6.47. The fraction of sp³-hybridized carbons (Fsp3) is 0.333. The van der Waals surface area contributed by atoms with E-state index in [4.69, 9.17) is 0 Å². The van der Waals surface area contributed by atoms with Crippen molar-refractivity contribution in [3.63, 3.8) is 0 Å². The van der Waals surface area contributed by atoms with Crippen LogP contribution in [0.3, 0.4) is 0 Å². The molecule has 0 saturated heterocycles. The Labute approximate surface area is 226 Å². The van der Waals surface area contributed by atoms with Gasteiger partial charge in [-0.25, -0.2) is 8.42 Å². The van der Waals surface area contributed by atoms with E-state index in [-0.39, 0.29) is 17.3 Å². The van der Waals surface area contributed by atoms with Crippen LogP contribution in [0.2, 0.25) is 0 Å². The normalized spacial score (nSPS) is 12.0. The zero-order valence-corrected chi connectivity index (χ0v) is 23.2. The summed E-state index contributed by atoms with van der Waals surface area (Å²) in [5.41, 5.74) is 2.27. The van der Waals surface area contributed by atoms with Crippen molar-refractivity contribution in [1.29, 1.82) is 0 Å². The number of amides is 2. The first-order valence-electron chi connectivity index (χ1n) is 13.0. The Kier molecular flexibility index (Phi) is 10.5. The quantitative estimate of drug-likeness (QED) is 0.315. The summed E-state index contributed by atoms with van der Waals surface area (Å²) in [7, 11) is -4.05. The van der Waals surface area contributed by atoms with Gasteiger partial charge < -0.3 is 10.2 Å². The Morgan fingerprint density at radius 1 is 0.868 bits per heavy atom. The molecule has 0 fully saturated rings. The summed E-state index contributed by atoms with van der Waals surface area (Å²) in [6.07, 6.45) is 2.17. The lowest BCUT2D eigenvalue weighted by atomic mass is 10.1. The first-order valence-corrected chi connectivity index (χ1v) is 14.5. The van der Waals surface area contributed by atoms with Gasteiger partial charge in [-0.05, 0) is 55.2 Å². The molecule has 0 saturated carbocycles. The average Bonchev–Trinajstić information content (AvgIpc) is 2.93. The van der Waals surface area contributed by atoms with Gasteiger partial charge in [0, 0.05) is 13.1 Å². The van der Waals surface area contributed by atoms with Crippen molar-refractivity contribution < 1.29 is 18.0 Å². The number of rotatable bonds is 13. The number of hydrogen-bond acceptors (Lipinski definition) is 4. The second-order valence-corrected chi connectivity index (χ2v) is 11.0. The molecular weight excluding hydrogens is 498 g/mol. The van der Waals surface area contributed by atoms with E-state index in [9.17, 15) is 18.0 Å². The van der Waals surface area contributed by atoms with Gasteiger partial charge in [0.05, 0.1) is 10.6 Å². The second kappa shape index (κ2) is 13.8. The van der Waals surface area contributed by atoms with Gasteiger partial charge in [0.15, 0.2) is 0 Å². The molecule has 3 aromatic rings. The molecule has 7 nitrogen and oxygen atoms in total. The lowest BCUT2D eigenvalue weighted by Crippen LogP contribution is -2.52. The van der Waals surface area contributed by atoms with Crippen molar-refractivity contribution in [3.05, 3.63) is 96.1 Å². The number of para-hydroxylation sites is 1. The second-order valence-electron chi connectivity index (χ2n) is 9.18. The number of nitrogens with one attached hydrogen (secondary N) is 1. The van der Waals surface area contributed by atoms with Crippen LogP contribution >= 0.6 is 0 Å². The molecule has 0 aliphatic rings. The van der Waals surface area contributed by atoms with E-state index in [1.165, 1.54) is 17.0 Å². The molecule has 0 spiro atoms.